The van der Waals surface area contributed by atoms with Crippen LogP contribution in [0.2, 0.25) is 0 Å². The van der Waals surface area contributed by atoms with Crippen molar-refractivity contribution < 1.29 is 17.4 Å². The normalized spacial score (nSPS) is 15.7. The average Bonchev–Trinajstić information content (AvgIpc) is 3.65. The fourth-order valence-electron chi connectivity index (χ4n) is 6.77. The van der Waals surface area contributed by atoms with Crippen LogP contribution in [0.1, 0.15) is 11.1 Å². The first-order valence-corrected chi connectivity index (χ1v) is 16.6. The standard InChI is InChI=1S/C35H26N2O4S3/c38-44(39,40)32-10-2-1-7-27(32)33-25-13-11-23(36-17-15-21-5-3-8-30(42)34(21)36)19-28(25)41-29-20-24(12-14-26(29)33)37-18-16-22-6-4-9-31(43)35(22)37/h1-14,19-20H,15-18H2,(H2-,38,39,40,42,43). The highest BCUT2D eigenvalue weighted by Crippen LogP contribution is 2.45. The van der Waals surface area contributed by atoms with Gasteiger partial charge in [0.05, 0.1) is 21.5 Å². The summed E-state index contributed by atoms with van der Waals surface area (Å²) in [4.78, 5) is 3.79. The van der Waals surface area contributed by atoms with Gasteiger partial charge in [0.2, 0.25) is 11.0 Å². The van der Waals surface area contributed by atoms with Gasteiger partial charge in [0.25, 0.3) is 0 Å². The lowest BCUT2D eigenvalue weighted by Crippen LogP contribution is -2.24. The van der Waals surface area contributed by atoms with E-state index >= 15 is 0 Å². The van der Waals surface area contributed by atoms with Crippen molar-refractivity contribution in [2.75, 3.05) is 18.0 Å². The van der Waals surface area contributed by atoms with Gasteiger partial charge in [-0.15, -0.1) is 25.3 Å². The molecule has 0 unspecified atom stereocenters. The van der Waals surface area contributed by atoms with Gasteiger partial charge in [-0.3, -0.25) is 0 Å². The molecule has 0 atom stereocenters. The Morgan fingerprint density at radius 2 is 1.59 bits per heavy atom. The van der Waals surface area contributed by atoms with Gasteiger partial charge in [-0.25, -0.2) is 8.42 Å². The Balaban J connectivity index is 1.42. The maximum absolute atomic E-state index is 12.4. The lowest BCUT2D eigenvalue weighted by Gasteiger charge is -2.23. The largest absolute Gasteiger partial charge is 0.744 e. The number of fused-ring (bicyclic) bond motifs is 4. The van der Waals surface area contributed by atoms with Crippen LogP contribution < -0.4 is 14.8 Å². The molecule has 0 aromatic heterocycles. The highest BCUT2D eigenvalue weighted by Gasteiger charge is 2.29. The molecule has 0 radical (unpaired) electrons. The van der Waals surface area contributed by atoms with Crippen molar-refractivity contribution in [3.63, 3.8) is 0 Å². The molecule has 6 nitrogen and oxygen atoms in total. The molecule has 44 heavy (non-hydrogen) atoms. The van der Waals surface area contributed by atoms with Gasteiger partial charge in [-0.2, -0.15) is 4.58 Å². The van der Waals surface area contributed by atoms with E-state index in [-0.39, 0.29) is 4.90 Å². The zero-order valence-corrected chi connectivity index (χ0v) is 26.0. The summed E-state index contributed by atoms with van der Waals surface area (Å²) in [5.74, 6) is 0.585. The molecule has 4 aromatic rings. The van der Waals surface area contributed by atoms with Gasteiger partial charge >= 0.3 is 0 Å². The van der Waals surface area contributed by atoms with E-state index in [1.807, 2.05) is 60.7 Å². The van der Waals surface area contributed by atoms with Gasteiger partial charge in [0.15, 0.2) is 6.54 Å². The van der Waals surface area contributed by atoms with E-state index in [2.05, 4.69) is 21.6 Å². The molecule has 3 heterocycles. The summed E-state index contributed by atoms with van der Waals surface area (Å²) in [6.07, 6.45) is 1.81. The lowest BCUT2D eigenvalue weighted by atomic mass is 9.93. The lowest BCUT2D eigenvalue weighted by molar-refractivity contribution is 0.463. The zero-order valence-electron chi connectivity index (χ0n) is 23.4. The third-order valence-corrected chi connectivity index (χ3v) is 10.3. The summed E-state index contributed by atoms with van der Waals surface area (Å²) in [7, 11) is -4.75. The Kier molecular flexibility index (Phi) is 6.43. The van der Waals surface area contributed by atoms with Crippen molar-refractivity contribution in [3.8, 4) is 22.5 Å². The molecule has 0 fully saturated rings. The SMILES string of the molecule is O=S(=O)([O-])c1ccccc1-c1c2ccc(=[N+]3CCc4cccc(S)c43)cc-2oc2cc(N3CCc4cccc(S)c43)ccc12. The molecule has 0 saturated carbocycles. The summed E-state index contributed by atoms with van der Waals surface area (Å²) >= 11 is 9.48. The summed E-state index contributed by atoms with van der Waals surface area (Å²) in [5, 5.41) is 1.66. The van der Waals surface area contributed by atoms with Crippen LogP contribution in [0.3, 0.4) is 0 Å². The predicted molar refractivity (Wildman–Crippen MR) is 178 cm³/mol. The minimum atomic E-state index is -4.75. The highest BCUT2D eigenvalue weighted by atomic mass is 32.2. The topological polar surface area (TPSA) is 76.6 Å². The van der Waals surface area contributed by atoms with Crippen LogP contribution in [0.15, 0.2) is 116 Å². The van der Waals surface area contributed by atoms with Gasteiger partial charge in [0.1, 0.15) is 21.5 Å². The van der Waals surface area contributed by atoms with Gasteiger partial charge < -0.3 is 13.9 Å². The Morgan fingerprint density at radius 3 is 2.43 bits per heavy atom. The van der Waals surface area contributed by atoms with Gasteiger partial charge in [-0.05, 0) is 48.4 Å². The Labute approximate surface area is 265 Å². The fourth-order valence-corrected chi connectivity index (χ4v) is 8.16. The minimum absolute atomic E-state index is 0.261. The minimum Gasteiger partial charge on any atom is -0.744 e. The molecule has 8 rings (SSSR count). The van der Waals surface area contributed by atoms with E-state index in [4.69, 9.17) is 29.7 Å². The Morgan fingerprint density at radius 1 is 0.795 bits per heavy atom. The van der Waals surface area contributed by atoms with Crippen LogP contribution in [0.4, 0.5) is 17.1 Å². The van der Waals surface area contributed by atoms with Crippen molar-refractivity contribution >= 4 is 63.4 Å². The van der Waals surface area contributed by atoms with Crippen LogP contribution >= 0.6 is 25.3 Å². The summed E-state index contributed by atoms with van der Waals surface area (Å²) in [5.41, 5.74) is 7.87. The van der Waals surface area contributed by atoms with Crippen LogP contribution in [0.5, 0.6) is 0 Å². The van der Waals surface area contributed by atoms with E-state index in [0.717, 1.165) is 58.1 Å². The zero-order chi connectivity index (χ0) is 30.2. The molecule has 0 bridgehead atoms. The molecule has 218 valence electrons. The van der Waals surface area contributed by atoms with E-state index in [0.29, 0.717) is 33.4 Å². The molecule has 9 heteroatoms. The number of hydrogen-bond acceptors (Lipinski definition) is 7. The monoisotopic (exact) mass is 634 g/mol. The van der Waals surface area contributed by atoms with Crippen molar-refractivity contribution in [1.82, 2.24) is 4.58 Å². The summed E-state index contributed by atoms with van der Waals surface area (Å²) < 4.78 is 46.2. The molecule has 3 aliphatic heterocycles. The molecule has 0 N–H and O–H groups in total. The second-order valence-corrected chi connectivity index (χ2v) is 13.5. The first kappa shape index (κ1) is 27.5. The average molecular weight is 635 g/mol. The second kappa shape index (κ2) is 10.3. The Hall–Kier alpha value is -4.02. The van der Waals surface area contributed by atoms with E-state index < -0.39 is 10.1 Å². The molecular weight excluding hydrogens is 609 g/mol. The molecule has 4 aromatic carbocycles. The van der Waals surface area contributed by atoms with E-state index in [1.54, 1.807) is 18.2 Å². The van der Waals surface area contributed by atoms with Gasteiger partial charge in [-0.1, -0.05) is 42.5 Å². The molecular formula is C35H26N2O4S3. The van der Waals surface area contributed by atoms with Crippen LogP contribution in [-0.2, 0) is 23.0 Å². The maximum atomic E-state index is 12.4. The smallest absolute Gasteiger partial charge is 0.222 e. The number of benzene rings is 5. The van der Waals surface area contributed by atoms with Crippen LogP contribution in [-0.4, -0.2) is 26.1 Å². The third-order valence-electron chi connectivity index (χ3n) is 8.68. The van der Waals surface area contributed by atoms with Crippen molar-refractivity contribution in [2.45, 2.75) is 27.5 Å². The molecule has 0 saturated heterocycles. The number of thiol groups is 2. The second-order valence-electron chi connectivity index (χ2n) is 11.2. The van der Waals surface area contributed by atoms with Crippen molar-refractivity contribution in [2.24, 2.45) is 0 Å². The number of nitrogens with zero attached hydrogens (tertiary/aromatic N) is 2. The van der Waals surface area contributed by atoms with Crippen molar-refractivity contribution in [1.29, 1.82) is 0 Å². The first-order chi connectivity index (χ1) is 21.3. The van der Waals surface area contributed by atoms with Crippen molar-refractivity contribution in [3.05, 3.63) is 114 Å². The van der Waals surface area contributed by atoms with Gasteiger partial charge in [0, 0.05) is 63.3 Å². The van der Waals surface area contributed by atoms with Crippen LogP contribution in [0.25, 0.3) is 33.4 Å². The number of hydrogen-bond donors (Lipinski definition) is 2. The number of anilines is 2. The molecule has 4 aliphatic rings. The molecule has 0 spiro atoms. The van der Waals surface area contributed by atoms with E-state index in [9.17, 15) is 13.0 Å². The molecule has 0 amide bonds. The predicted octanol–water partition coefficient (Wildman–Crippen LogP) is 7.04. The molecule has 1 aliphatic carbocycles. The first-order valence-electron chi connectivity index (χ1n) is 14.3. The maximum Gasteiger partial charge on any atom is 0.222 e. The Bertz CT molecular complexity index is 2310. The van der Waals surface area contributed by atoms with Crippen LogP contribution in [0, 0.1) is 0 Å². The summed E-state index contributed by atoms with van der Waals surface area (Å²) in [6.45, 7) is 1.61. The number of para-hydroxylation sites is 2. The third kappa shape index (κ3) is 4.37. The fraction of sp³-hybridized carbons (Fsp3) is 0.114. The summed E-state index contributed by atoms with van der Waals surface area (Å²) in [6, 6.07) is 30.6. The number of rotatable bonds is 3. The quantitative estimate of drug-likeness (QED) is 0.0946. The highest BCUT2D eigenvalue weighted by molar-refractivity contribution is 7.86. The van der Waals surface area contributed by atoms with E-state index in [1.165, 1.54) is 17.2 Å².